The monoisotopic (exact) mass is 331 g/mol. The standard InChI is InChI=1S/C17H18ClN3O2/c18-14-3-1-2-13-15(12(8-19)9-20-16(13)14)21-10-17(11-22)4-6-23-7-5-17/h1-3,9,22H,4-7,10-11H2,(H,20,21). The highest BCUT2D eigenvalue weighted by atomic mass is 35.5. The molecule has 2 aromatic rings. The van der Waals surface area contributed by atoms with E-state index in [-0.39, 0.29) is 12.0 Å². The zero-order chi connectivity index (χ0) is 16.3. The molecule has 2 N–H and O–H groups in total. The zero-order valence-electron chi connectivity index (χ0n) is 12.7. The SMILES string of the molecule is N#Cc1cnc2c(Cl)cccc2c1NCC1(CO)CCOCC1. The summed E-state index contributed by atoms with van der Waals surface area (Å²) in [5, 5.41) is 23.9. The first kappa shape index (κ1) is 16.0. The van der Waals surface area contributed by atoms with Crippen molar-refractivity contribution in [3.05, 3.63) is 35.0 Å². The first-order valence-electron chi connectivity index (χ1n) is 7.59. The first-order chi connectivity index (χ1) is 11.2. The van der Waals surface area contributed by atoms with Gasteiger partial charge >= 0.3 is 0 Å². The van der Waals surface area contributed by atoms with Crippen LogP contribution in [0.3, 0.4) is 0 Å². The first-order valence-corrected chi connectivity index (χ1v) is 7.97. The fraction of sp³-hybridized carbons (Fsp3) is 0.412. The molecule has 0 amide bonds. The minimum absolute atomic E-state index is 0.0923. The second-order valence-electron chi connectivity index (χ2n) is 5.92. The van der Waals surface area contributed by atoms with Gasteiger partial charge in [-0.05, 0) is 18.9 Å². The Hall–Kier alpha value is -1.87. The number of aliphatic hydroxyl groups excluding tert-OH is 1. The number of fused-ring (bicyclic) bond motifs is 1. The molecule has 5 nitrogen and oxygen atoms in total. The summed E-state index contributed by atoms with van der Waals surface area (Å²) in [6, 6.07) is 7.69. The lowest BCUT2D eigenvalue weighted by atomic mass is 9.81. The molecule has 1 aromatic carbocycles. The molecule has 23 heavy (non-hydrogen) atoms. The van der Waals surface area contributed by atoms with Crippen LogP contribution in [0.25, 0.3) is 10.9 Å². The molecule has 2 heterocycles. The van der Waals surface area contributed by atoms with Gasteiger partial charge in [0.2, 0.25) is 0 Å². The van der Waals surface area contributed by atoms with E-state index in [0.29, 0.717) is 35.9 Å². The van der Waals surface area contributed by atoms with Crippen molar-refractivity contribution in [1.29, 1.82) is 5.26 Å². The lowest BCUT2D eigenvalue weighted by molar-refractivity contribution is -0.00857. The van der Waals surface area contributed by atoms with Gasteiger partial charge in [-0.3, -0.25) is 4.98 Å². The highest BCUT2D eigenvalue weighted by Crippen LogP contribution is 2.34. The van der Waals surface area contributed by atoms with Gasteiger partial charge in [0.05, 0.1) is 28.4 Å². The molecule has 1 fully saturated rings. The van der Waals surface area contributed by atoms with Crippen molar-refractivity contribution < 1.29 is 9.84 Å². The minimum atomic E-state index is -0.223. The number of hydrogen-bond donors (Lipinski definition) is 2. The third-order valence-corrected chi connectivity index (χ3v) is 4.80. The van der Waals surface area contributed by atoms with Crippen LogP contribution in [0.1, 0.15) is 18.4 Å². The van der Waals surface area contributed by atoms with Crippen LogP contribution in [0, 0.1) is 16.7 Å². The number of halogens is 1. The molecule has 1 saturated heterocycles. The van der Waals surface area contributed by atoms with Crippen molar-refractivity contribution >= 4 is 28.2 Å². The van der Waals surface area contributed by atoms with Crippen LogP contribution in [0.4, 0.5) is 5.69 Å². The fourth-order valence-electron chi connectivity index (χ4n) is 2.93. The summed E-state index contributed by atoms with van der Waals surface area (Å²) in [6.07, 6.45) is 3.12. The van der Waals surface area contributed by atoms with Crippen molar-refractivity contribution in [3.8, 4) is 6.07 Å². The lowest BCUT2D eigenvalue weighted by Gasteiger charge is -2.36. The van der Waals surface area contributed by atoms with Crippen molar-refractivity contribution in [1.82, 2.24) is 4.98 Å². The number of aromatic nitrogens is 1. The molecule has 0 unspecified atom stereocenters. The maximum atomic E-state index is 9.81. The maximum absolute atomic E-state index is 9.81. The molecule has 0 atom stereocenters. The number of ether oxygens (including phenoxy) is 1. The Balaban J connectivity index is 1.95. The van der Waals surface area contributed by atoms with Crippen LogP contribution in [0.15, 0.2) is 24.4 Å². The highest BCUT2D eigenvalue weighted by Gasteiger charge is 2.32. The Morgan fingerprint density at radius 3 is 2.87 bits per heavy atom. The number of hydrogen-bond acceptors (Lipinski definition) is 5. The van der Waals surface area contributed by atoms with E-state index < -0.39 is 0 Å². The Morgan fingerprint density at radius 1 is 1.39 bits per heavy atom. The van der Waals surface area contributed by atoms with Gasteiger partial charge in [-0.2, -0.15) is 5.26 Å². The summed E-state index contributed by atoms with van der Waals surface area (Å²) >= 11 is 6.20. The summed E-state index contributed by atoms with van der Waals surface area (Å²) in [7, 11) is 0. The molecule has 120 valence electrons. The van der Waals surface area contributed by atoms with E-state index in [4.69, 9.17) is 16.3 Å². The highest BCUT2D eigenvalue weighted by molar-refractivity contribution is 6.35. The molecule has 0 spiro atoms. The van der Waals surface area contributed by atoms with Crippen LogP contribution in [0.5, 0.6) is 0 Å². The van der Waals surface area contributed by atoms with Crippen LogP contribution in [0.2, 0.25) is 5.02 Å². The third kappa shape index (κ3) is 3.11. The average Bonchev–Trinajstić information content (AvgIpc) is 2.60. The van der Waals surface area contributed by atoms with Crippen molar-refractivity contribution in [2.45, 2.75) is 12.8 Å². The van der Waals surface area contributed by atoms with Gasteiger partial charge < -0.3 is 15.2 Å². The number of nitrogens with one attached hydrogen (secondary N) is 1. The van der Waals surface area contributed by atoms with E-state index in [1.165, 1.54) is 6.20 Å². The summed E-state index contributed by atoms with van der Waals surface area (Å²) < 4.78 is 5.39. The molecule has 3 rings (SSSR count). The molecular formula is C17H18ClN3O2. The number of benzene rings is 1. The lowest BCUT2D eigenvalue weighted by Crippen LogP contribution is -2.39. The van der Waals surface area contributed by atoms with E-state index in [1.807, 2.05) is 12.1 Å². The second kappa shape index (κ2) is 6.71. The molecule has 0 bridgehead atoms. The van der Waals surface area contributed by atoms with E-state index in [2.05, 4.69) is 16.4 Å². The molecular weight excluding hydrogens is 314 g/mol. The maximum Gasteiger partial charge on any atom is 0.103 e. The summed E-state index contributed by atoms with van der Waals surface area (Å²) in [6.45, 7) is 1.97. The Morgan fingerprint density at radius 2 is 2.17 bits per heavy atom. The normalized spacial score (nSPS) is 16.9. The molecule has 6 heteroatoms. The van der Waals surface area contributed by atoms with Crippen LogP contribution in [-0.2, 0) is 4.74 Å². The third-order valence-electron chi connectivity index (χ3n) is 4.50. The molecule has 0 radical (unpaired) electrons. The van der Waals surface area contributed by atoms with Crippen LogP contribution in [-0.4, -0.2) is 36.5 Å². The fourth-order valence-corrected chi connectivity index (χ4v) is 3.16. The average molecular weight is 332 g/mol. The van der Waals surface area contributed by atoms with E-state index in [9.17, 15) is 10.4 Å². The number of anilines is 1. The molecule has 1 aromatic heterocycles. The molecule has 1 aliphatic rings. The van der Waals surface area contributed by atoms with E-state index in [0.717, 1.165) is 23.9 Å². The topological polar surface area (TPSA) is 78.2 Å². The van der Waals surface area contributed by atoms with Gasteiger partial charge in [-0.25, -0.2) is 0 Å². The largest absolute Gasteiger partial charge is 0.396 e. The Labute approximate surface area is 139 Å². The van der Waals surface area contributed by atoms with Gasteiger partial charge in [0.1, 0.15) is 6.07 Å². The van der Waals surface area contributed by atoms with Gasteiger partial charge in [0.25, 0.3) is 0 Å². The molecule has 0 saturated carbocycles. The van der Waals surface area contributed by atoms with Gasteiger partial charge in [-0.1, -0.05) is 23.7 Å². The van der Waals surface area contributed by atoms with Crippen molar-refractivity contribution in [3.63, 3.8) is 0 Å². The Bertz CT molecular complexity index is 751. The summed E-state index contributed by atoms with van der Waals surface area (Å²) in [4.78, 5) is 4.28. The van der Waals surface area contributed by atoms with Crippen LogP contribution < -0.4 is 5.32 Å². The Kier molecular flexibility index (Phi) is 4.67. The van der Waals surface area contributed by atoms with Gasteiger partial charge in [0.15, 0.2) is 0 Å². The zero-order valence-corrected chi connectivity index (χ0v) is 13.4. The number of nitrogens with zero attached hydrogens (tertiary/aromatic N) is 2. The number of nitriles is 1. The number of aliphatic hydroxyl groups is 1. The second-order valence-corrected chi connectivity index (χ2v) is 6.33. The molecule has 0 aliphatic carbocycles. The number of rotatable bonds is 4. The predicted octanol–water partition coefficient (Wildman–Crippen LogP) is 2.96. The van der Waals surface area contributed by atoms with E-state index >= 15 is 0 Å². The van der Waals surface area contributed by atoms with Crippen LogP contribution >= 0.6 is 11.6 Å². The minimum Gasteiger partial charge on any atom is -0.396 e. The smallest absolute Gasteiger partial charge is 0.103 e. The number of pyridine rings is 1. The van der Waals surface area contributed by atoms with Crippen molar-refractivity contribution in [2.75, 3.05) is 31.7 Å². The van der Waals surface area contributed by atoms with Gasteiger partial charge in [0, 0.05) is 36.8 Å². The quantitative estimate of drug-likeness (QED) is 0.900. The number of para-hydroxylation sites is 1. The molecule has 1 aliphatic heterocycles. The summed E-state index contributed by atoms with van der Waals surface area (Å²) in [5.74, 6) is 0. The van der Waals surface area contributed by atoms with E-state index in [1.54, 1.807) is 6.07 Å². The van der Waals surface area contributed by atoms with Crippen molar-refractivity contribution in [2.24, 2.45) is 5.41 Å². The van der Waals surface area contributed by atoms with Gasteiger partial charge in [-0.15, -0.1) is 0 Å². The summed E-state index contributed by atoms with van der Waals surface area (Å²) in [5.41, 5.74) is 1.64. The predicted molar refractivity (Wildman–Crippen MR) is 89.5 cm³/mol.